The van der Waals surface area contributed by atoms with E-state index in [-0.39, 0.29) is 47.0 Å². The van der Waals surface area contributed by atoms with E-state index in [0.29, 0.717) is 27.3 Å². The minimum atomic E-state index is -1.23. The Morgan fingerprint density at radius 1 is 1.13 bits per heavy atom. The molecule has 0 aliphatic carbocycles. The van der Waals surface area contributed by atoms with Gasteiger partial charge in [-0.3, -0.25) is 4.79 Å². The Balaban J connectivity index is 0.00000192. The van der Waals surface area contributed by atoms with Crippen LogP contribution >= 0.6 is 11.6 Å². The third kappa shape index (κ3) is 3.85. The zero-order valence-electron chi connectivity index (χ0n) is 12.3. The molecule has 1 heterocycles. The third-order valence-electron chi connectivity index (χ3n) is 3.30. The average molecular weight is 337 g/mol. The van der Waals surface area contributed by atoms with Crippen molar-refractivity contribution in [2.24, 2.45) is 0 Å². The Labute approximate surface area is 159 Å². The van der Waals surface area contributed by atoms with Crippen LogP contribution in [0, 0.1) is 0 Å². The van der Waals surface area contributed by atoms with Gasteiger partial charge in [0.15, 0.2) is 5.43 Å². The van der Waals surface area contributed by atoms with Crippen LogP contribution in [0.2, 0.25) is 5.02 Å². The monoisotopic (exact) mass is 336 g/mol. The molecular weight excluding hydrogens is 327 g/mol. The van der Waals surface area contributed by atoms with Gasteiger partial charge in [0.2, 0.25) is 0 Å². The van der Waals surface area contributed by atoms with Gasteiger partial charge in [0.25, 0.3) is 0 Å². The number of hydrogen-bond donors (Lipinski definition) is 0. The first-order valence-electron chi connectivity index (χ1n) is 6.56. The number of fused-ring (bicyclic) bond motifs is 1. The Hall–Kier alpha value is -1.59. The van der Waals surface area contributed by atoms with E-state index in [1.807, 2.05) is 0 Å². The van der Waals surface area contributed by atoms with Crippen molar-refractivity contribution in [2.45, 2.75) is 6.42 Å². The summed E-state index contributed by atoms with van der Waals surface area (Å²) in [5, 5.41) is 11.8. The molecule has 2 aromatic carbocycles. The SMILES string of the molecule is O=C([O-])Cc1cccc2c(=O)cc(-c3ccc(Cl)cc3)oc12.[Na+]. The maximum absolute atomic E-state index is 12.2. The summed E-state index contributed by atoms with van der Waals surface area (Å²) in [6.45, 7) is 0. The number of benzene rings is 2. The van der Waals surface area contributed by atoms with E-state index in [4.69, 9.17) is 16.0 Å². The molecule has 0 N–H and O–H groups in total. The molecule has 0 bridgehead atoms. The molecule has 0 atom stereocenters. The maximum atomic E-state index is 12.2. The molecule has 0 aliphatic rings. The normalized spacial score (nSPS) is 10.3. The summed E-state index contributed by atoms with van der Waals surface area (Å²) in [6, 6.07) is 13.1. The standard InChI is InChI=1S/C17H11ClO4.Na/c18-12-6-4-10(5-7-12)15-9-14(19)13-3-1-2-11(8-16(20)21)17(13)22-15;/h1-7,9H,8H2,(H,20,21);/q;+1/p-1. The molecule has 4 nitrogen and oxygen atoms in total. The second-order valence-electron chi connectivity index (χ2n) is 4.82. The van der Waals surface area contributed by atoms with Gasteiger partial charge < -0.3 is 14.3 Å². The molecule has 0 spiro atoms. The number of carbonyl (C=O) groups is 1. The van der Waals surface area contributed by atoms with E-state index >= 15 is 0 Å². The fraction of sp³-hybridized carbons (Fsp3) is 0.0588. The van der Waals surface area contributed by atoms with Crippen molar-refractivity contribution >= 4 is 28.5 Å². The van der Waals surface area contributed by atoms with E-state index in [0.717, 1.165) is 0 Å². The van der Waals surface area contributed by atoms with Gasteiger partial charge in [-0.15, -0.1) is 0 Å². The molecule has 0 radical (unpaired) electrons. The van der Waals surface area contributed by atoms with Gasteiger partial charge in [-0.1, -0.05) is 23.7 Å². The van der Waals surface area contributed by atoms with Gasteiger partial charge in [0.1, 0.15) is 11.3 Å². The summed E-state index contributed by atoms with van der Waals surface area (Å²) >= 11 is 5.84. The topological polar surface area (TPSA) is 70.3 Å². The summed E-state index contributed by atoms with van der Waals surface area (Å²) < 4.78 is 5.77. The Kier molecular flexibility index (Phi) is 5.65. The maximum Gasteiger partial charge on any atom is 1.00 e. The number of carboxylic acids is 1. The van der Waals surface area contributed by atoms with Gasteiger partial charge >= 0.3 is 29.6 Å². The number of rotatable bonds is 3. The molecule has 0 fully saturated rings. The Morgan fingerprint density at radius 3 is 2.48 bits per heavy atom. The predicted molar refractivity (Wildman–Crippen MR) is 81.6 cm³/mol. The van der Waals surface area contributed by atoms with Crippen molar-refractivity contribution in [3.8, 4) is 11.3 Å². The summed E-state index contributed by atoms with van der Waals surface area (Å²) in [6.07, 6.45) is -0.315. The van der Waals surface area contributed by atoms with E-state index < -0.39 is 5.97 Å². The van der Waals surface area contributed by atoms with Crippen LogP contribution in [0.5, 0.6) is 0 Å². The van der Waals surface area contributed by atoms with Crippen molar-refractivity contribution in [1.82, 2.24) is 0 Å². The molecule has 0 amide bonds. The van der Waals surface area contributed by atoms with Crippen LogP contribution < -0.4 is 40.1 Å². The summed E-state index contributed by atoms with van der Waals surface area (Å²) in [5.41, 5.74) is 1.13. The molecule has 0 saturated heterocycles. The second kappa shape index (κ2) is 7.32. The minimum absolute atomic E-state index is 0. The predicted octanol–water partition coefficient (Wildman–Crippen LogP) is -0.590. The number of para-hydroxylation sites is 1. The van der Waals surface area contributed by atoms with Crippen molar-refractivity contribution in [1.29, 1.82) is 0 Å². The van der Waals surface area contributed by atoms with Gasteiger partial charge in [-0.05, 0) is 30.3 Å². The molecule has 0 aliphatic heterocycles. The first-order valence-corrected chi connectivity index (χ1v) is 6.94. The molecule has 3 aromatic rings. The van der Waals surface area contributed by atoms with E-state index in [1.54, 1.807) is 42.5 Å². The van der Waals surface area contributed by atoms with E-state index in [9.17, 15) is 14.7 Å². The van der Waals surface area contributed by atoms with Gasteiger partial charge in [0, 0.05) is 34.6 Å². The van der Waals surface area contributed by atoms with Crippen LogP contribution in [-0.4, -0.2) is 5.97 Å². The summed E-state index contributed by atoms with van der Waals surface area (Å²) in [7, 11) is 0. The molecule has 0 unspecified atom stereocenters. The zero-order chi connectivity index (χ0) is 15.7. The Bertz CT molecular complexity index is 916. The molecule has 0 saturated carbocycles. The van der Waals surface area contributed by atoms with Gasteiger partial charge in [-0.25, -0.2) is 0 Å². The fourth-order valence-electron chi connectivity index (χ4n) is 2.29. The van der Waals surface area contributed by atoms with E-state index in [1.165, 1.54) is 6.07 Å². The Morgan fingerprint density at radius 2 is 1.83 bits per heavy atom. The first kappa shape index (κ1) is 17.8. The third-order valence-corrected chi connectivity index (χ3v) is 3.55. The smallest absolute Gasteiger partial charge is 0.550 e. The first-order chi connectivity index (χ1) is 10.5. The quantitative estimate of drug-likeness (QED) is 0.600. The number of halogens is 1. The van der Waals surface area contributed by atoms with Crippen LogP contribution in [0.1, 0.15) is 5.56 Å². The second-order valence-corrected chi connectivity index (χ2v) is 5.26. The van der Waals surface area contributed by atoms with Crippen LogP contribution in [0.3, 0.4) is 0 Å². The zero-order valence-corrected chi connectivity index (χ0v) is 15.1. The molecule has 23 heavy (non-hydrogen) atoms. The molecule has 1 aromatic heterocycles. The van der Waals surface area contributed by atoms with Crippen LogP contribution in [0.4, 0.5) is 0 Å². The van der Waals surface area contributed by atoms with Crippen molar-refractivity contribution < 1.29 is 43.9 Å². The van der Waals surface area contributed by atoms with E-state index in [2.05, 4.69) is 0 Å². The largest absolute Gasteiger partial charge is 1.00 e. The summed E-state index contributed by atoms with van der Waals surface area (Å²) in [5.74, 6) is -0.869. The van der Waals surface area contributed by atoms with Gasteiger partial charge in [-0.2, -0.15) is 0 Å². The molecule has 3 rings (SSSR count). The number of aliphatic carboxylic acids is 1. The van der Waals surface area contributed by atoms with Crippen LogP contribution in [0.25, 0.3) is 22.3 Å². The van der Waals surface area contributed by atoms with Crippen molar-refractivity contribution in [2.75, 3.05) is 0 Å². The van der Waals surface area contributed by atoms with Crippen molar-refractivity contribution in [3.63, 3.8) is 0 Å². The number of hydrogen-bond acceptors (Lipinski definition) is 4. The average Bonchev–Trinajstić information content (AvgIpc) is 2.48. The van der Waals surface area contributed by atoms with Crippen LogP contribution in [-0.2, 0) is 11.2 Å². The van der Waals surface area contributed by atoms with Crippen LogP contribution in [0.15, 0.2) is 57.7 Å². The molecule has 110 valence electrons. The van der Waals surface area contributed by atoms with Crippen molar-refractivity contribution in [3.05, 3.63) is 69.3 Å². The fourth-order valence-corrected chi connectivity index (χ4v) is 2.41. The number of carboxylic acid groups (broad SMARTS) is 1. The van der Waals surface area contributed by atoms with Gasteiger partial charge in [0.05, 0.1) is 5.39 Å². The molecular formula is C17H10ClNaO4. The number of carbonyl (C=O) groups excluding carboxylic acids is 1. The molecule has 6 heteroatoms. The summed E-state index contributed by atoms with van der Waals surface area (Å²) in [4.78, 5) is 23.1. The minimum Gasteiger partial charge on any atom is -0.550 e.